The molecule has 0 aromatic heterocycles. The minimum Gasteiger partial charge on any atom is -0.280 e. The maximum atomic E-state index is 10.3. The Balaban J connectivity index is 3.35. The minimum atomic E-state index is -0.422. The number of thioether (sulfide) groups is 2. The van der Waals surface area contributed by atoms with Crippen molar-refractivity contribution in [2.75, 3.05) is 17.3 Å². The molecule has 0 aliphatic rings. The lowest BCUT2D eigenvalue weighted by Crippen LogP contribution is -2.03. The second-order valence-electron chi connectivity index (χ2n) is 1.95. The van der Waals surface area contributed by atoms with Gasteiger partial charge in [-0.25, -0.2) is 0 Å². The molecule has 0 fully saturated rings. The Morgan fingerprint density at radius 3 is 2.15 bits per heavy atom. The molecule has 0 heterocycles. The molecule has 1 atom stereocenters. The molecule has 13 heavy (non-hydrogen) atoms. The maximum Gasteiger partial charge on any atom is 0.231 e. The Kier molecular flexibility index (Phi) is 8.81. The highest BCUT2D eigenvalue weighted by molar-refractivity contribution is 8.05. The van der Waals surface area contributed by atoms with Gasteiger partial charge in [0.2, 0.25) is 10.5 Å². The Morgan fingerprint density at radius 1 is 1.15 bits per heavy atom. The molecule has 0 aromatic carbocycles. The van der Waals surface area contributed by atoms with Gasteiger partial charge >= 0.3 is 0 Å². The summed E-state index contributed by atoms with van der Waals surface area (Å²) in [6, 6.07) is 0. The van der Waals surface area contributed by atoms with Crippen molar-refractivity contribution >= 4 is 68.8 Å². The summed E-state index contributed by atoms with van der Waals surface area (Å²) in [5.41, 5.74) is 0. The van der Waals surface area contributed by atoms with E-state index in [4.69, 9.17) is 34.8 Å². The molecule has 1 unspecified atom stereocenters. The highest BCUT2D eigenvalue weighted by Crippen LogP contribution is 2.20. The van der Waals surface area contributed by atoms with Crippen molar-refractivity contribution in [3.8, 4) is 0 Å². The third-order valence-electron chi connectivity index (χ3n) is 0.842. The largest absolute Gasteiger partial charge is 0.280 e. The van der Waals surface area contributed by atoms with E-state index >= 15 is 0 Å². The standard InChI is InChI=1S/C6H7Cl3O2S2/c7-4(10)1-12-3-6(9)13-2-5(8)11/h6H,1-3H2. The fourth-order valence-corrected chi connectivity index (χ4v) is 2.76. The molecule has 76 valence electrons. The van der Waals surface area contributed by atoms with Crippen molar-refractivity contribution in [3.63, 3.8) is 0 Å². The van der Waals surface area contributed by atoms with Crippen LogP contribution in [0.3, 0.4) is 0 Å². The van der Waals surface area contributed by atoms with Crippen LogP contribution in [0.4, 0.5) is 0 Å². The van der Waals surface area contributed by atoms with Gasteiger partial charge in [0, 0.05) is 5.75 Å². The van der Waals surface area contributed by atoms with E-state index in [2.05, 4.69) is 0 Å². The Labute approximate surface area is 100 Å². The molecular weight excluding hydrogens is 275 g/mol. The molecule has 0 radical (unpaired) electrons. The third-order valence-corrected chi connectivity index (χ3v) is 4.35. The lowest BCUT2D eigenvalue weighted by Gasteiger charge is -2.05. The Bertz CT molecular complexity index is 189. The molecule has 0 aromatic rings. The molecule has 0 aliphatic heterocycles. The molecule has 7 heteroatoms. The first kappa shape index (κ1) is 13.9. The average Bonchev–Trinajstić information content (AvgIpc) is 2.00. The van der Waals surface area contributed by atoms with Crippen LogP contribution in [0.5, 0.6) is 0 Å². The van der Waals surface area contributed by atoms with Crippen molar-refractivity contribution < 1.29 is 9.59 Å². The van der Waals surface area contributed by atoms with E-state index < -0.39 is 10.5 Å². The Morgan fingerprint density at radius 2 is 1.69 bits per heavy atom. The van der Waals surface area contributed by atoms with Crippen molar-refractivity contribution in [3.05, 3.63) is 0 Å². The first-order chi connectivity index (χ1) is 6.02. The third kappa shape index (κ3) is 10.8. The monoisotopic (exact) mass is 280 g/mol. The van der Waals surface area contributed by atoms with E-state index in [9.17, 15) is 9.59 Å². The first-order valence-electron chi connectivity index (χ1n) is 3.22. The van der Waals surface area contributed by atoms with Crippen LogP contribution in [-0.2, 0) is 9.59 Å². The van der Waals surface area contributed by atoms with Crippen molar-refractivity contribution in [1.82, 2.24) is 0 Å². The highest BCUT2D eigenvalue weighted by atomic mass is 35.5. The molecule has 0 aliphatic carbocycles. The molecule has 0 saturated heterocycles. The van der Waals surface area contributed by atoms with Crippen LogP contribution in [0.1, 0.15) is 0 Å². The molecule has 0 amide bonds. The number of halogens is 3. The van der Waals surface area contributed by atoms with Crippen LogP contribution in [0.15, 0.2) is 0 Å². The fraction of sp³-hybridized carbons (Fsp3) is 0.667. The van der Waals surface area contributed by atoms with Gasteiger partial charge < -0.3 is 0 Å². The van der Waals surface area contributed by atoms with E-state index in [1.807, 2.05) is 0 Å². The van der Waals surface area contributed by atoms with Crippen molar-refractivity contribution in [1.29, 1.82) is 0 Å². The van der Waals surface area contributed by atoms with E-state index in [1.165, 1.54) is 23.5 Å². The van der Waals surface area contributed by atoms with Gasteiger partial charge in [-0.2, -0.15) is 11.8 Å². The second-order valence-corrected chi connectivity index (χ2v) is 5.80. The summed E-state index contributed by atoms with van der Waals surface area (Å²) in [6.07, 6.45) is 0. The summed E-state index contributed by atoms with van der Waals surface area (Å²) in [4.78, 5) is 20.6. The fourth-order valence-electron chi connectivity index (χ4n) is 0.436. The van der Waals surface area contributed by atoms with Crippen LogP contribution in [-0.4, -0.2) is 32.5 Å². The SMILES string of the molecule is O=C(Cl)CSCC(Cl)SCC(=O)Cl. The average molecular weight is 282 g/mol. The summed E-state index contributed by atoms with van der Waals surface area (Å²) in [5.74, 6) is 0.986. The minimum absolute atomic E-state index is 0.186. The highest BCUT2D eigenvalue weighted by Gasteiger charge is 2.08. The quantitative estimate of drug-likeness (QED) is 0.530. The number of alkyl halides is 1. The van der Waals surface area contributed by atoms with Crippen LogP contribution in [0, 0.1) is 0 Å². The number of carbonyl (C=O) groups excluding carboxylic acids is 2. The number of rotatable bonds is 7. The molecule has 0 N–H and O–H groups in total. The van der Waals surface area contributed by atoms with E-state index in [0.29, 0.717) is 5.75 Å². The van der Waals surface area contributed by atoms with Gasteiger partial charge in [0.15, 0.2) is 0 Å². The van der Waals surface area contributed by atoms with Crippen LogP contribution in [0.25, 0.3) is 0 Å². The topological polar surface area (TPSA) is 34.1 Å². The molecule has 2 nitrogen and oxygen atoms in total. The van der Waals surface area contributed by atoms with Gasteiger partial charge in [-0.15, -0.1) is 23.4 Å². The normalized spacial score (nSPS) is 12.5. The summed E-state index contributed by atoms with van der Waals surface area (Å²) in [6.45, 7) is 0. The van der Waals surface area contributed by atoms with Gasteiger partial charge in [-0.1, -0.05) is 0 Å². The number of carbonyl (C=O) groups is 2. The number of hydrogen-bond donors (Lipinski definition) is 0. The first-order valence-corrected chi connectivity index (χ1v) is 6.62. The summed E-state index contributed by atoms with van der Waals surface area (Å²) in [5, 5.41) is -0.818. The zero-order valence-corrected chi connectivity index (χ0v) is 10.4. The lowest BCUT2D eigenvalue weighted by molar-refractivity contribution is -0.110. The van der Waals surface area contributed by atoms with E-state index in [0.717, 1.165) is 0 Å². The second kappa shape index (κ2) is 8.24. The predicted molar refractivity (Wildman–Crippen MR) is 61.1 cm³/mol. The van der Waals surface area contributed by atoms with Gasteiger partial charge in [-0.3, -0.25) is 9.59 Å². The maximum absolute atomic E-state index is 10.3. The molecule has 0 rings (SSSR count). The zero-order valence-electron chi connectivity index (χ0n) is 6.47. The summed E-state index contributed by atoms with van der Waals surface area (Å²) < 4.78 is -0.219. The van der Waals surface area contributed by atoms with E-state index in [-0.39, 0.29) is 16.2 Å². The lowest BCUT2D eigenvalue weighted by atomic mass is 10.9. The zero-order chi connectivity index (χ0) is 10.3. The van der Waals surface area contributed by atoms with Gasteiger partial charge in [0.25, 0.3) is 0 Å². The smallest absolute Gasteiger partial charge is 0.231 e. The predicted octanol–water partition coefficient (Wildman–Crippen LogP) is 2.55. The Hall–Kier alpha value is 0.910. The molecule has 0 spiro atoms. The molecule has 0 bridgehead atoms. The molecular formula is C6H7Cl3O2S2. The number of hydrogen-bond acceptors (Lipinski definition) is 4. The van der Waals surface area contributed by atoms with Crippen molar-refractivity contribution in [2.24, 2.45) is 0 Å². The van der Waals surface area contributed by atoms with Crippen LogP contribution >= 0.6 is 58.3 Å². The van der Waals surface area contributed by atoms with Gasteiger partial charge in [-0.05, 0) is 23.2 Å². The van der Waals surface area contributed by atoms with Gasteiger partial charge in [0.1, 0.15) is 0 Å². The van der Waals surface area contributed by atoms with Crippen LogP contribution < -0.4 is 0 Å². The summed E-state index contributed by atoms with van der Waals surface area (Å²) in [7, 11) is 0. The van der Waals surface area contributed by atoms with E-state index in [1.54, 1.807) is 0 Å². The van der Waals surface area contributed by atoms with Crippen LogP contribution in [0.2, 0.25) is 0 Å². The van der Waals surface area contributed by atoms with Crippen molar-refractivity contribution in [2.45, 2.75) is 4.71 Å². The summed E-state index contributed by atoms with van der Waals surface area (Å²) >= 11 is 18.6. The van der Waals surface area contributed by atoms with Gasteiger partial charge in [0.05, 0.1) is 16.2 Å². The molecule has 0 saturated carbocycles.